The SMILES string of the molecule is CC(C)(C)[Si](C)(C)OCc1ccc(N)c2c1OCO2. The van der Waals surface area contributed by atoms with Crippen LogP contribution in [0.4, 0.5) is 5.69 Å². The molecule has 106 valence electrons. The van der Waals surface area contributed by atoms with Gasteiger partial charge in [0.05, 0.1) is 12.3 Å². The molecule has 5 heteroatoms. The Bertz CT molecular complexity index is 480. The van der Waals surface area contributed by atoms with Crippen molar-refractivity contribution in [2.75, 3.05) is 12.5 Å². The van der Waals surface area contributed by atoms with E-state index in [2.05, 4.69) is 33.9 Å². The highest BCUT2D eigenvalue weighted by Gasteiger charge is 2.37. The van der Waals surface area contributed by atoms with Crippen molar-refractivity contribution in [1.29, 1.82) is 0 Å². The topological polar surface area (TPSA) is 53.7 Å². The largest absolute Gasteiger partial charge is 0.453 e. The quantitative estimate of drug-likeness (QED) is 0.680. The predicted molar refractivity (Wildman–Crippen MR) is 79.0 cm³/mol. The number of hydrogen-bond donors (Lipinski definition) is 1. The summed E-state index contributed by atoms with van der Waals surface area (Å²) < 4.78 is 17.1. The van der Waals surface area contributed by atoms with Gasteiger partial charge in [-0.1, -0.05) is 26.8 Å². The number of rotatable bonds is 3. The minimum absolute atomic E-state index is 0.196. The van der Waals surface area contributed by atoms with Crippen LogP contribution >= 0.6 is 0 Å². The lowest BCUT2D eigenvalue weighted by atomic mass is 10.2. The first-order chi connectivity index (χ1) is 8.72. The van der Waals surface area contributed by atoms with E-state index in [0.717, 1.165) is 11.3 Å². The van der Waals surface area contributed by atoms with Gasteiger partial charge in [-0.05, 0) is 24.2 Å². The molecular formula is C14H23NO3Si. The highest BCUT2D eigenvalue weighted by atomic mass is 28.4. The first kappa shape index (κ1) is 14.2. The fourth-order valence-electron chi connectivity index (χ4n) is 1.66. The molecule has 0 saturated carbocycles. The Balaban J connectivity index is 2.16. The van der Waals surface area contributed by atoms with E-state index >= 15 is 0 Å². The predicted octanol–water partition coefficient (Wildman–Crippen LogP) is 3.52. The zero-order valence-corrected chi connectivity index (χ0v) is 13.4. The molecule has 0 radical (unpaired) electrons. The number of nitrogen functional groups attached to an aromatic ring is 1. The molecule has 2 N–H and O–H groups in total. The Hall–Kier alpha value is -1.20. The van der Waals surface area contributed by atoms with Crippen LogP contribution in [0.25, 0.3) is 0 Å². The van der Waals surface area contributed by atoms with Crippen LogP contribution in [-0.2, 0) is 11.0 Å². The van der Waals surface area contributed by atoms with E-state index < -0.39 is 8.32 Å². The van der Waals surface area contributed by atoms with Crippen LogP contribution in [0.15, 0.2) is 12.1 Å². The van der Waals surface area contributed by atoms with E-state index in [9.17, 15) is 0 Å². The fourth-order valence-corrected chi connectivity index (χ4v) is 2.61. The third-order valence-electron chi connectivity index (χ3n) is 4.03. The Kier molecular flexibility index (Phi) is 3.53. The van der Waals surface area contributed by atoms with Crippen LogP contribution in [0.2, 0.25) is 18.1 Å². The summed E-state index contributed by atoms with van der Waals surface area (Å²) in [7, 11) is -1.76. The fraction of sp³-hybridized carbons (Fsp3) is 0.571. The highest BCUT2D eigenvalue weighted by Crippen LogP contribution is 2.42. The first-order valence-corrected chi connectivity index (χ1v) is 9.44. The van der Waals surface area contributed by atoms with Crippen LogP contribution in [-0.4, -0.2) is 15.1 Å². The average molecular weight is 281 g/mol. The molecule has 2 rings (SSSR count). The van der Waals surface area contributed by atoms with Gasteiger partial charge in [0.1, 0.15) is 0 Å². The Labute approximate surface area is 116 Å². The summed E-state index contributed by atoms with van der Waals surface area (Å²) in [5.74, 6) is 1.38. The van der Waals surface area contributed by atoms with Crippen molar-refractivity contribution in [2.45, 2.75) is 45.5 Å². The van der Waals surface area contributed by atoms with Crippen molar-refractivity contribution in [3.05, 3.63) is 17.7 Å². The molecule has 0 spiro atoms. The molecule has 1 aromatic rings. The standard InChI is InChI=1S/C14H23NO3Si/c1-14(2,3)19(4,5)18-8-10-6-7-11(15)13-12(10)16-9-17-13/h6-7H,8-9,15H2,1-5H3. The molecule has 0 atom stereocenters. The summed E-state index contributed by atoms with van der Waals surface area (Å²) >= 11 is 0. The first-order valence-electron chi connectivity index (χ1n) is 6.53. The van der Waals surface area contributed by atoms with Gasteiger partial charge in [-0.3, -0.25) is 0 Å². The molecule has 0 unspecified atom stereocenters. The number of hydrogen-bond acceptors (Lipinski definition) is 4. The number of anilines is 1. The summed E-state index contributed by atoms with van der Waals surface area (Å²) in [6, 6.07) is 3.80. The van der Waals surface area contributed by atoms with Gasteiger partial charge in [0, 0.05) is 5.56 Å². The van der Waals surface area contributed by atoms with Gasteiger partial charge in [-0.15, -0.1) is 0 Å². The molecule has 1 aliphatic rings. The van der Waals surface area contributed by atoms with Gasteiger partial charge in [0.15, 0.2) is 19.8 Å². The maximum atomic E-state index is 6.21. The van der Waals surface area contributed by atoms with E-state index in [1.165, 1.54) is 0 Å². The van der Waals surface area contributed by atoms with Gasteiger partial charge in [0.2, 0.25) is 6.79 Å². The van der Waals surface area contributed by atoms with E-state index in [1.807, 2.05) is 12.1 Å². The second-order valence-corrected chi connectivity index (χ2v) is 11.2. The van der Waals surface area contributed by atoms with E-state index in [4.69, 9.17) is 19.6 Å². The Morgan fingerprint density at radius 2 is 1.84 bits per heavy atom. The molecule has 1 aromatic carbocycles. The number of ether oxygens (including phenoxy) is 2. The second-order valence-electron chi connectivity index (χ2n) is 6.43. The zero-order valence-electron chi connectivity index (χ0n) is 12.4. The van der Waals surface area contributed by atoms with Crippen LogP contribution in [0, 0.1) is 0 Å². The number of fused-ring (bicyclic) bond motifs is 1. The zero-order chi connectivity index (χ0) is 14.3. The third kappa shape index (κ3) is 2.72. The molecule has 0 amide bonds. The lowest BCUT2D eigenvalue weighted by Gasteiger charge is -2.36. The summed E-state index contributed by atoms with van der Waals surface area (Å²) in [4.78, 5) is 0. The highest BCUT2D eigenvalue weighted by molar-refractivity contribution is 6.74. The molecule has 0 aliphatic carbocycles. The van der Waals surface area contributed by atoms with Crippen molar-refractivity contribution in [3.63, 3.8) is 0 Å². The van der Waals surface area contributed by atoms with Crippen molar-refractivity contribution in [2.24, 2.45) is 0 Å². The third-order valence-corrected chi connectivity index (χ3v) is 8.50. The molecule has 0 saturated heterocycles. The van der Waals surface area contributed by atoms with Crippen molar-refractivity contribution in [3.8, 4) is 11.5 Å². The van der Waals surface area contributed by atoms with Gasteiger partial charge >= 0.3 is 0 Å². The Morgan fingerprint density at radius 1 is 1.21 bits per heavy atom. The molecule has 1 aliphatic heterocycles. The van der Waals surface area contributed by atoms with Crippen LogP contribution in [0.1, 0.15) is 26.3 Å². The van der Waals surface area contributed by atoms with Gasteiger partial charge in [-0.25, -0.2) is 0 Å². The van der Waals surface area contributed by atoms with E-state index in [-0.39, 0.29) is 11.8 Å². The van der Waals surface area contributed by atoms with Gasteiger partial charge in [-0.2, -0.15) is 0 Å². The summed E-state index contributed by atoms with van der Waals surface area (Å²) in [5, 5.41) is 0.196. The van der Waals surface area contributed by atoms with Crippen molar-refractivity contribution in [1.82, 2.24) is 0 Å². The minimum atomic E-state index is -1.76. The molecule has 0 fully saturated rings. The molecule has 0 aromatic heterocycles. The van der Waals surface area contributed by atoms with Crippen molar-refractivity contribution >= 4 is 14.0 Å². The monoisotopic (exact) mass is 281 g/mol. The molecule has 4 nitrogen and oxygen atoms in total. The molecule has 0 bridgehead atoms. The molecular weight excluding hydrogens is 258 g/mol. The second kappa shape index (κ2) is 4.72. The van der Waals surface area contributed by atoms with Gasteiger partial charge < -0.3 is 19.6 Å². The maximum absolute atomic E-state index is 6.21. The van der Waals surface area contributed by atoms with Crippen LogP contribution in [0.3, 0.4) is 0 Å². The van der Waals surface area contributed by atoms with Crippen molar-refractivity contribution < 1.29 is 13.9 Å². The number of nitrogens with two attached hydrogens (primary N) is 1. The average Bonchev–Trinajstić information content (AvgIpc) is 2.76. The lowest BCUT2D eigenvalue weighted by Crippen LogP contribution is -2.40. The van der Waals surface area contributed by atoms with Gasteiger partial charge in [0.25, 0.3) is 0 Å². The molecule has 19 heavy (non-hydrogen) atoms. The van der Waals surface area contributed by atoms with E-state index in [1.54, 1.807) is 0 Å². The normalized spacial score (nSPS) is 14.8. The van der Waals surface area contributed by atoms with Crippen LogP contribution < -0.4 is 15.2 Å². The van der Waals surface area contributed by atoms with Crippen LogP contribution in [0.5, 0.6) is 11.5 Å². The maximum Gasteiger partial charge on any atom is 0.231 e. The lowest BCUT2D eigenvalue weighted by molar-refractivity contribution is 0.171. The number of benzene rings is 1. The summed E-state index contributed by atoms with van der Waals surface area (Å²) in [5.41, 5.74) is 7.48. The Morgan fingerprint density at radius 3 is 2.47 bits per heavy atom. The summed E-state index contributed by atoms with van der Waals surface area (Å²) in [6.45, 7) is 11.9. The summed E-state index contributed by atoms with van der Waals surface area (Å²) in [6.07, 6.45) is 0. The molecule has 1 heterocycles. The smallest absolute Gasteiger partial charge is 0.231 e. The van der Waals surface area contributed by atoms with E-state index in [0.29, 0.717) is 18.0 Å². The minimum Gasteiger partial charge on any atom is -0.453 e.